The molecule has 1 atom stereocenters. The average molecular weight is 561 g/mol. The standard InChI is InChI=1S/C32H36N2O5S/c35-31(36)21-10-23-8-11-24(12-9-23)25-15-19-29(20-16-25)40(38,39)33-28-17-13-27(14-18-28)32(37)34-22-4-7-30(34)26-5-2-1-3-6-26/h1-3,5-6,8-9,11-12,15-16,19-20,27-28,30,33H,4,7,10,13-14,17-18,21-22H2,(H,35,36)/t27-,28-,30-/m1/s1. The summed E-state index contributed by atoms with van der Waals surface area (Å²) in [4.78, 5) is 26.4. The van der Waals surface area contributed by atoms with Crippen molar-refractivity contribution in [1.29, 1.82) is 0 Å². The second-order valence-electron chi connectivity index (χ2n) is 10.9. The van der Waals surface area contributed by atoms with Crippen molar-refractivity contribution in [3.63, 3.8) is 0 Å². The number of hydrogen-bond acceptors (Lipinski definition) is 4. The second-order valence-corrected chi connectivity index (χ2v) is 12.6. The van der Waals surface area contributed by atoms with Crippen LogP contribution >= 0.6 is 0 Å². The van der Waals surface area contributed by atoms with Crippen molar-refractivity contribution in [3.8, 4) is 11.1 Å². The fourth-order valence-electron chi connectivity index (χ4n) is 5.97. The molecule has 1 heterocycles. The molecule has 1 aliphatic carbocycles. The van der Waals surface area contributed by atoms with Crippen LogP contribution < -0.4 is 4.72 Å². The molecule has 0 radical (unpaired) electrons. The number of carboxylic acids is 1. The van der Waals surface area contributed by atoms with E-state index in [0.717, 1.165) is 36.1 Å². The SMILES string of the molecule is O=C(O)CCc1ccc(-c2ccc(S(=O)(=O)N[C@H]3CC[C@H](C(=O)N4CCC[C@@H]4c4ccccc4)CC3)cc2)cc1. The molecule has 0 bridgehead atoms. The number of benzene rings is 3. The minimum Gasteiger partial charge on any atom is -0.481 e. The summed E-state index contributed by atoms with van der Waals surface area (Å²) in [7, 11) is -3.68. The maximum absolute atomic E-state index is 13.4. The number of nitrogens with one attached hydrogen (secondary N) is 1. The van der Waals surface area contributed by atoms with Gasteiger partial charge in [-0.25, -0.2) is 13.1 Å². The van der Waals surface area contributed by atoms with Crippen molar-refractivity contribution < 1.29 is 23.1 Å². The maximum atomic E-state index is 13.4. The number of carbonyl (C=O) groups excluding carboxylic acids is 1. The highest BCUT2D eigenvalue weighted by molar-refractivity contribution is 7.89. The molecule has 8 heteroatoms. The highest BCUT2D eigenvalue weighted by Crippen LogP contribution is 2.36. The number of aliphatic carboxylic acids is 1. The largest absolute Gasteiger partial charge is 0.481 e. The predicted octanol–water partition coefficient (Wildman–Crippen LogP) is 5.57. The molecular formula is C32H36N2O5S. The summed E-state index contributed by atoms with van der Waals surface area (Å²) in [5.74, 6) is -0.673. The summed E-state index contributed by atoms with van der Waals surface area (Å²) in [6.45, 7) is 0.788. The molecule has 7 nitrogen and oxygen atoms in total. The Labute approximate surface area is 236 Å². The van der Waals surface area contributed by atoms with Crippen LogP contribution in [0.15, 0.2) is 83.8 Å². The molecule has 3 aromatic carbocycles. The number of rotatable bonds is 9. The van der Waals surface area contributed by atoms with Gasteiger partial charge in [-0.2, -0.15) is 0 Å². The lowest BCUT2D eigenvalue weighted by molar-refractivity contribution is -0.138. The molecular weight excluding hydrogens is 524 g/mol. The Morgan fingerprint density at radius 3 is 2.08 bits per heavy atom. The van der Waals surface area contributed by atoms with Crippen molar-refractivity contribution in [3.05, 3.63) is 90.0 Å². The van der Waals surface area contributed by atoms with Gasteiger partial charge in [0.2, 0.25) is 15.9 Å². The van der Waals surface area contributed by atoms with Crippen molar-refractivity contribution >= 4 is 21.9 Å². The van der Waals surface area contributed by atoms with Crippen LogP contribution in [0.25, 0.3) is 11.1 Å². The van der Waals surface area contributed by atoms with E-state index in [9.17, 15) is 18.0 Å². The first-order valence-corrected chi connectivity index (χ1v) is 15.6. The van der Waals surface area contributed by atoms with Gasteiger partial charge in [-0.3, -0.25) is 9.59 Å². The van der Waals surface area contributed by atoms with Crippen LogP contribution in [0, 0.1) is 5.92 Å². The number of carbonyl (C=O) groups is 2. The van der Waals surface area contributed by atoms with E-state index in [1.54, 1.807) is 24.3 Å². The molecule has 0 spiro atoms. The van der Waals surface area contributed by atoms with Crippen LogP contribution in [-0.4, -0.2) is 42.9 Å². The van der Waals surface area contributed by atoms with E-state index in [-0.39, 0.29) is 35.2 Å². The zero-order chi connectivity index (χ0) is 28.1. The van der Waals surface area contributed by atoms with Gasteiger partial charge < -0.3 is 10.0 Å². The molecule has 40 heavy (non-hydrogen) atoms. The Morgan fingerprint density at radius 2 is 1.45 bits per heavy atom. The third kappa shape index (κ3) is 6.62. The molecule has 210 valence electrons. The molecule has 3 aromatic rings. The number of nitrogens with zero attached hydrogens (tertiary/aromatic N) is 1. The third-order valence-electron chi connectivity index (χ3n) is 8.20. The maximum Gasteiger partial charge on any atom is 0.303 e. The lowest BCUT2D eigenvalue weighted by Crippen LogP contribution is -2.42. The molecule has 2 N–H and O–H groups in total. The van der Waals surface area contributed by atoms with Gasteiger partial charge in [0.15, 0.2) is 0 Å². The lowest BCUT2D eigenvalue weighted by Gasteiger charge is -2.33. The summed E-state index contributed by atoms with van der Waals surface area (Å²) in [6, 6.07) is 24.6. The molecule has 1 saturated carbocycles. The zero-order valence-electron chi connectivity index (χ0n) is 22.5. The van der Waals surface area contributed by atoms with E-state index in [0.29, 0.717) is 32.1 Å². The Morgan fingerprint density at radius 1 is 0.825 bits per heavy atom. The van der Waals surface area contributed by atoms with Crippen molar-refractivity contribution in [1.82, 2.24) is 9.62 Å². The number of hydrogen-bond donors (Lipinski definition) is 2. The Kier molecular flexibility index (Phi) is 8.66. The van der Waals surface area contributed by atoms with E-state index in [2.05, 4.69) is 16.9 Å². The number of sulfonamides is 1. The van der Waals surface area contributed by atoms with E-state index in [1.807, 2.05) is 47.4 Å². The smallest absolute Gasteiger partial charge is 0.303 e. The molecule has 0 aromatic heterocycles. The highest BCUT2D eigenvalue weighted by Gasteiger charge is 2.36. The van der Waals surface area contributed by atoms with Gasteiger partial charge in [0.05, 0.1) is 10.9 Å². The fourth-order valence-corrected chi connectivity index (χ4v) is 7.28. The van der Waals surface area contributed by atoms with Gasteiger partial charge in [0, 0.05) is 24.9 Å². The van der Waals surface area contributed by atoms with E-state index in [1.165, 1.54) is 5.56 Å². The summed E-state index contributed by atoms with van der Waals surface area (Å²) in [5.41, 5.74) is 3.96. The quantitative estimate of drug-likeness (QED) is 0.356. The summed E-state index contributed by atoms with van der Waals surface area (Å²) >= 11 is 0. The minimum absolute atomic E-state index is 0.0557. The highest BCUT2D eigenvalue weighted by atomic mass is 32.2. The zero-order valence-corrected chi connectivity index (χ0v) is 23.4. The predicted molar refractivity (Wildman–Crippen MR) is 154 cm³/mol. The molecule has 2 aliphatic rings. The van der Waals surface area contributed by atoms with Crippen molar-refractivity contribution in [2.45, 2.75) is 68.3 Å². The van der Waals surface area contributed by atoms with Gasteiger partial charge in [0.1, 0.15) is 0 Å². The van der Waals surface area contributed by atoms with Crippen LogP contribution in [0.1, 0.15) is 62.1 Å². The van der Waals surface area contributed by atoms with Gasteiger partial charge in [-0.05, 0) is 79.3 Å². The monoisotopic (exact) mass is 560 g/mol. The molecule has 0 unspecified atom stereocenters. The topological polar surface area (TPSA) is 104 Å². The Balaban J connectivity index is 1.15. The molecule has 5 rings (SSSR count). The molecule has 1 aliphatic heterocycles. The molecule has 1 saturated heterocycles. The van der Waals surface area contributed by atoms with E-state index >= 15 is 0 Å². The summed E-state index contributed by atoms with van der Waals surface area (Å²) in [5, 5.41) is 8.85. The first kappa shape index (κ1) is 28.1. The van der Waals surface area contributed by atoms with Gasteiger partial charge >= 0.3 is 5.97 Å². The van der Waals surface area contributed by atoms with Crippen LogP contribution in [-0.2, 0) is 26.0 Å². The van der Waals surface area contributed by atoms with Crippen LogP contribution in [0.5, 0.6) is 0 Å². The van der Waals surface area contributed by atoms with Crippen LogP contribution in [0.2, 0.25) is 0 Å². The normalized spacial score (nSPS) is 21.3. The van der Waals surface area contributed by atoms with Gasteiger partial charge in [0.25, 0.3) is 0 Å². The Hall–Kier alpha value is -3.49. The van der Waals surface area contributed by atoms with Gasteiger partial charge in [-0.1, -0.05) is 66.7 Å². The molecule has 1 amide bonds. The number of amides is 1. The van der Waals surface area contributed by atoms with Crippen LogP contribution in [0.4, 0.5) is 0 Å². The summed E-state index contributed by atoms with van der Waals surface area (Å²) < 4.78 is 29.1. The van der Waals surface area contributed by atoms with Crippen LogP contribution in [0.3, 0.4) is 0 Å². The third-order valence-corrected chi connectivity index (χ3v) is 9.73. The van der Waals surface area contributed by atoms with E-state index < -0.39 is 16.0 Å². The van der Waals surface area contributed by atoms with Crippen molar-refractivity contribution in [2.75, 3.05) is 6.54 Å². The minimum atomic E-state index is -3.68. The first-order chi connectivity index (χ1) is 19.3. The summed E-state index contributed by atoms with van der Waals surface area (Å²) in [6.07, 6.45) is 5.22. The lowest BCUT2D eigenvalue weighted by atomic mass is 9.85. The number of carboxylic acid groups (broad SMARTS) is 1. The number of aryl methyl sites for hydroxylation is 1. The fraction of sp³-hybridized carbons (Fsp3) is 0.375. The van der Waals surface area contributed by atoms with E-state index in [4.69, 9.17) is 5.11 Å². The van der Waals surface area contributed by atoms with Crippen molar-refractivity contribution in [2.24, 2.45) is 5.92 Å². The average Bonchev–Trinajstić information content (AvgIpc) is 3.47. The Bertz CT molecular complexity index is 1410. The second kappa shape index (κ2) is 12.4. The molecule has 2 fully saturated rings. The number of likely N-dealkylation sites (tertiary alicyclic amines) is 1. The first-order valence-electron chi connectivity index (χ1n) is 14.1. The van der Waals surface area contributed by atoms with Gasteiger partial charge in [-0.15, -0.1) is 0 Å².